The Bertz CT molecular complexity index is 1060. The molecule has 1 fully saturated rings. The van der Waals surface area contributed by atoms with Gasteiger partial charge in [-0.25, -0.2) is 18.4 Å². The lowest BCUT2D eigenvalue weighted by Crippen LogP contribution is -2.42. The van der Waals surface area contributed by atoms with Crippen LogP contribution in [0.2, 0.25) is 0 Å². The Labute approximate surface area is 168 Å². The predicted molar refractivity (Wildman–Crippen MR) is 112 cm³/mol. The van der Waals surface area contributed by atoms with Gasteiger partial charge in [0.15, 0.2) is 0 Å². The van der Waals surface area contributed by atoms with Crippen molar-refractivity contribution in [2.24, 2.45) is 0 Å². The number of hydrogen-bond donors (Lipinski definition) is 1. The second-order valence-corrected chi connectivity index (χ2v) is 9.69. The van der Waals surface area contributed by atoms with E-state index in [-0.39, 0.29) is 5.75 Å². The predicted octanol–water partition coefficient (Wildman–Crippen LogP) is 2.74. The van der Waals surface area contributed by atoms with Crippen LogP contribution in [0.5, 0.6) is 0 Å². The van der Waals surface area contributed by atoms with Crippen LogP contribution >= 0.6 is 11.3 Å². The molecule has 9 heteroatoms. The fraction of sp³-hybridized carbons (Fsp3) is 0.368. The number of benzene rings is 1. The standard InChI is InChI=1S/C19H22N4O3S2/c1-14-21-18(20-7-12-28(24,25)23-8-10-26-11-9-23)16-13-17(27-19(16)22-14)15-5-3-2-4-6-15/h2-6,13H,7-12H2,1H3,(H,20,21,22). The Morgan fingerprint density at radius 1 is 1.18 bits per heavy atom. The lowest BCUT2D eigenvalue weighted by molar-refractivity contribution is 0.0731. The zero-order valence-electron chi connectivity index (χ0n) is 15.6. The smallest absolute Gasteiger partial charge is 0.215 e. The van der Waals surface area contributed by atoms with Gasteiger partial charge in [0, 0.05) is 24.5 Å². The number of nitrogens with one attached hydrogen (secondary N) is 1. The summed E-state index contributed by atoms with van der Waals surface area (Å²) in [6.07, 6.45) is 0. The largest absolute Gasteiger partial charge is 0.379 e. The van der Waals surface area contributed by atoms with Crippen molar-refractivity contribution in [3.63, 3.8) is 0 Å². The van der Waals surface area contributed by atoms with E-state index in [1.807, 2.05) is 25.1 Å². The monoisotopic (exact) mass is 418 g/mol. The maximum Gasteiger partial charge on any atom is 0.215 e. The number of rotatable bonds is 6. The third-order valence-electron chi connectivity index (χ3n) is 4.58. The molecule has 1 aromatic carbocycles. The van der Waals surface area contributed by atoms with E-state index in [1.54, 1.807) is 11.3 Å². The van der Waals surface area contributed by atoms with Crippen LogP contribution in [0.25, 0.3) is 20.7 Å². The molecule has 0 bridgehead atoms. The van der Waals surface area contributed by atoms with Crippen molar-refractivity contribution in [2.75, 3.05) is 43.9 Å². The lowest BCUT2D eigenvalue weighted by Gasteiger charge is -2.26. The van der Waals surface area contributed by atoms with E-state index in [9.17, 15) is 8.42 Å². The molecule has 7 nitrogen and oxygen atoms in total. The fourth-order valence-electron chi connectivity index (χ4n) is 3.16. The molecule has 0 saturated carbocycles. The molecular formula is C19H22N4O3S2. The van der Waals surface area contributed by atoms with Gasteiger partial charge in [-0.3, -0.25) is 0 Å². The van der Waals surface area contributed by atoms with Crippen LogP contribution in [0.1, 0.15) is 5.82 Å². The van der Waals surface area contributed by atoms with Crippen molar-refractivity contribution in [3.8, 4) is 10.4 Å². The van der Waals surface area contributed by atoms with Gasteiger partial charge in [-0.1, -0.05) is 30.3 Å². The van der Waals surface area contributed by atoms with Crippen LogP contribution in [-0.2, 0) is 14.8 Å². The van der Waals surface area contributed by atoms with Gasteiger partial charge in [0.05, 0.1) is 24.4 Å². The molecule has 3 heterocycles. The fourth-order valence-corrected chi connectivity index (χ4v) is 5.57. The van der Waals surface area contributed by atoms with E-state index in [1.165, 1.54) is 4.31 Å². The number of ether oxygens (including phenoxy) is 1. The molecule has 148 valence electrons. The van der Waals surface area contributed by atoms with Gasteiger partial charge >= 0.3 is 0 Å². The molecule has 1 aliphatic heterocycles. The third kappa shape index (κ3) is 4.17. The van der Waals surface area contributed by atoms with Gasteiger partial charge < -0.3 is 10.1 Å². The van der Waals surface area contributed by atoms with Crippen molar-refractivity contribution >= 4 is 37.4 Å². The first kappa shape index (κ1) is 19.3. The van der Waals surface area contributed by atoms with E-state index in [2.05, 4.69) is 33.5 Å². The van der Waals surface area contributed by atoms with E-state index in [4.69, 9.17) is 4.74 Å². The van der Waals surface area contributed by atoms with Crippen LogP contribution in [0.3, 0.4) is 0 Å². The molecule has 0 radical (unpaired) electrons. The molecule has 1 aliphatic rings. The highest BCUT2D eigenvalue weighted by Crippen LogP contribution is 2.35. The molecule has 3 aromatic rings. The summed E-state index contributed by atoms with van der Waals surface area (Å²) in [6, 6.07) is 12.2. The van der Waals surface area contributed by atoms with Crippen LogP contribution in [0.4, 0.5) is 5.82 Å². The average molecular weight is 419 g/mol. The average Bonchev–Trinajstić information content (AvgIpc) is 3.13. The van der Waals surface area contributed by atoms with Crippen molar-refractivity contribution < 1.29 is 13.2 Å². The summed E-state index contributed by atoms with van der Waals surface area (Å²) in [7, 11) is -3.30. The van der Waals surface area contributed by atoms with Crippen molar-refractivity contribution in [1.82, 2.24) is 14.3 Å². The second kappa shape index (κ2) is 8.12. The SMILES string of the molecule is Cc1nc(NCCS(=O)(=O)N2CCOCC2)c2cc(-c3ccccc3)sc2n1. The van der Waals surface area contributed by atoms with Crippen LogP contribution in [0, 0.1) is 6.92 Å². The molecule has 0 aliphatic carbocycles. The number of fused-ring (bicyclic) bond motifs is 1. The van der Waals surface area contributed by atoms with E-state index in [0.29, 0.717) is 44.5 Å². The molecule has 0 amide bonds. The van der Waals surface area contributed by atoms with Gasteiger partial charge in [-0.05, 0) is 18.6 Å². The normalized spacial score (nSPS) is 15.8. The molecule has 0 spiro atoms. The minimum Gasteiger partial charge on any atom is -0.379 e. The summed E-state index contributed by atoms with van der Waals surface area (Å²) in [5.74, 6) is 1.36. The molecule has 2 aromatic heterocycles. The lowest BCUT2D eigenvalue weighted by atomic mass is 10.2. The molecule has 4 rings (SSSR count). The van der Waals surface area contributed by atoms with Gasteiger partial charge in [-0.15, -0.1) is 11.3 Å². The molecule has 1 saturated heterocycles. The molecule has 0 atom stereocenters. The van der Waals surface area contributed by atoms with Gasteiger partial charge in [0.1, 0.15) is 16.5 Å². The first-order valence-corrected chi connectivity index (χ1v) is 11.6. The van der Waals surface area contributed by atoms with Crippen LogP contribution < -0.4 is 5.32 Å². The molecular weight excluding hydrogens is 396 g/mol. The Balaban J connectivity index is 1.52. The number of aromatic nitrogens is 2. The first-order chi connectivity index (χ1) is 13.5. The summed E-state index contributed by atoms with van der Waals surface area (Å²) in [4.78, 5) is 11.0. The number of hydrogen-bond acceptors (Lipinski definition) is 7. The van der Waals surface area contributed by atoms with Crippen molar-refractivity contribution in [2.45, 2.75) is 6.92 Å². The second-order valence-electron chi connectivity index (χ2n) is 6.57. The highest BCUT2D eigenvalue weighted by Gasteiger charge is 2.24. The maximum absolute atomic E-state index is 12.5. The quantitative estimate of drug-likeness (QED) is 0.663. The van der Waals surface area contributed by atoms with Gasteiger partial charge in [0.25, 0.3) is 0 Å². The van der Waals surface area contributed by atoms with E-state index < -0.39 is 10.0 Å². The maximum atomic E-state index is 12.5. The Morgan fingerprint density at radius 3 is 2.68 bits per heavy atom. The summed E-state index contributed by atoms with van der Waals surface area (Å²) in [5, 5.41) is 4.12. The molecule has 0 unspecified atom stereocenters. The van der Waals surface area contributed by atoms with E-state index in [0.717, 1.165) is 20.7 Å². The summed E-state index contributed by atoms with van der Waals surface area (Å²) < 4.78 is 31.7. The van der Waals surface area contributed by atoms with E-state index >= 15 is 0 Å². The van der Waals surface area contributed by atoms with Crippen LogP contribution in [0.15, 0.2) is 36.4 Å². The Morgan fingerprint density at radius 2 is 1.93 bits per heavy atom. The molecule has 1 N–H and O–H groups in total. The number of anilines is 1. The minimum atomic E-state index is -3.30. The first-order valence-electron chi connectivity index (χ1n) is 9.16. The van der Waals surface area contributed by atoms with Gasteiger partial charge in [0.2, 0.25) is 10.0 Å². The topological polar surface area (TPSA) is 84.4 Å². The highest BCUT2D eigenvalue weighted by atomic mass is 32.2. The summed E-state index contributed by atoms with van der Waals surface area (Å²) >= 11 is 1.61. The number of thiophene rings is 1. The van der Waals surface area contributed by atoms with Crippen molar-refractivity contribution in [1.29, 1.82) is 0 Å². The number of aryl methyl sites for hydroxylation is 1. The third-order valence-corrected chi connectivity index (χ3v) is 7.53. The van der Waals surface area contributed by atoms with Crippen LogP contribution in [-0.4, -0.2) is 61.3 Å². The summed E-state index contributed by atoms with van der Waals surface area (Å²) in [5.41, 5.74) is 1.13. The number of morpholine rings is 1. The zero-order chi connectivity index (χ0) is 19.6. The Hall–Kier alpha value is -2.07. The Kier molecular flexibility index (Phi) is 5.58. The van der Waals surface area contributed by atoms with Gasteiger partial charge in [-0.2, -0.15) is 4.31 Å². The zero-order valence-corrected chi connectivity index (χ0v) is 17.2. The minimum absolute atomic E-state index is 0.0211. The van der Waals surface area contributed by atoms with Crippen molar-refractivity contribution in [3.05, 3.63) is 42.2 Å². The summed E-state index contributed by atoms with van der Waals surface area (Å²) in [6.45, 7) is 3.89. The highest BCUT2D eigenvalue weighted by molar-refractivity contribution is 7.89. The molecule has 28 heavy (non-hydrogen) atoms. The number of sulfonamides is 1. The number of nitrogens with zero attached hydrogens (tertiary/aromatic N) is 3.